The molecule has 3 unspecified atom stereocenters. The second kappa shape index (κ2) is 13.1. The predicted molar refractivity (Wildman–Crippen MR) is 140 cm³/mol. The molecule has 7 heteroatoms. The largest absolute Gasteiger partial charge is 0.389 e. The number of benzene rings is 1. The van der Waals surface area contributed by atoms with Crippen LogP contribution in [0.2, 0.25) is 0 Å². The number of piperidine rings is 2. The molecule has 0 radical (unpaired) electrons. The lowest BCUT2D eigenvalue weighted by molar-refractivity contribution is 0.0339. The Morgan fingerprint density at radius 2 is 2.00 bits per heavy atom. The average Bonchev–Trinajstić information content (AvgIpc) is 3.62. The lowest BCUT2D eigenvalue weighted by Gasteiger charge is -2.48. The van der Waals surface area contributed by atoms with Crippen molar-refractivity contribution in [2.45, 2.75) is 57.7 Å². The van der Waals surface area contributed by atoms with E-state index in [1.165, 1.54) is 44.2 Å². The maximum absolute atomic E-state index is 10.3. The van der Waals surface area contributed by atoms with E-state index in [9.17, 15) is 5.11 Å². The Balaban J connectivity index is 0.00000289. The summed E-state index contributed by atoms with van der Waals surface area (Å²) in [5.41, 5.74) is 1.42. The summed E-state index contributed by atoms with van der Waals surface area (Å²) in [7, 11) is 0. The van der Waals surface area contributed by atoms with E-state index in [0.717, 1.165) is 44.7 Å². The van der Waals surface area contributed by atoms with Gasteiger partial charge in [-0.1, -0.05) is 30.3 Å². The molecule has 2 aliphatic heterocycles. The lowest BCUT2D eigenvalue weighted by Crippen LogP contribution is -2.56. The Labute approximate surface area is 210 Å². The number of ether oxygens (including phenoxy) is 1. The highest BCUT2D eigenvalue weighted by Crippen LogP contribution is 2.32. The number of hydrogen-bond acceptors (Lipinski definition) is 4. The minimum absolute atomic E-state index is 0. The number of nitrogens with zero attached hydrogens (tertiary/aromatic N) is 3. The first-order chi connectivity index (χ1) is 15.2. The molecule has 2 heterocycles. The number of nitrogens with one attached hydrogen (secondary N) is 1. The van der Waals surface area contributed by atoms with Crippen molar-refractivity contribution >= 4 is 29.9 Å². The summed E-state index contributed by atoms with van der Waals surface area (Å²) >= 11 is 0. The molecule has 6 nitrogen and oxygen atoms in total. The van der Waals surface area contributed by atoms with Gasteiger partial charge in [0.25, 0.3) is 0 Å². The standard InChI is InChI=1S/C25H40N4O2.HI/c1-2-26-25(27-15-23(30)19-31-18-21-10-11-21)29-14-12-24-22(17-29)9-6-13-28(24)16-20-7-4-3-5-8-20;/h3-5,7-8,21-24,30H,2,6,9-19H2,1H3,(H,26,27);1H. The van der Waals surface area contributed by atoms with Crippen molar-refractivity contribution in [3.63, 3.8) is 0 Å². The number of aliphatic imine (C=N–C) groups is 1. The normalized spacial score (nSPS) is 25.1. The van der Waals surface area contributed by atoms with E-state index >= 15 is 0 Å². The zero-order valence-corrected chi connectivity index (χ0v) is 21.8. The predicted octanol–water partition coefficient (Wildman–Crippen LogP) is 3.34. The summed E-state index contributed by atoms with van der Waals surface area (Å²) in [4.78, 5) is 9.87. The molecule has 0 spiro atoms. The van der Waals surface area contributed by atoms with Crippen LogP contribution < -0.4 is 5.32 Å². The third-order valence-corrected chi connectivity index (χ3v) is 6.86. The summed E-state index contributed by atoms with van der Waals surface area (Å²) in [6.07, 6.45) is 5.77. The van der Waals surface area contributed by atoms with Gasteiger partial charge in [-0.2, -0.15) is 0 Å². The van der Waals surface area contributed by atoms with Gasteiger partial charge in [0.2, 0.25) is 0 Å². The number of fused-ring (bicyclic) bond motifs is 1. The van der Waals surface area contributed by atoms with E-state index in [2.05, 4.69) is 52.4 Å². The van der Waals surface area contributed by atoms with Gasteiger partial charge in [0.1, 0.15) is 0 Å². The topological polar surface area (TPSA) is 60.3 Å². The molecule has 0 aromatic heterocycles. The first kappa shape index (κ1) is 25.7. The molecular weight excluding hydrogens is 515 g/mol. The molecule has 3 aliphatic rings. The zero-order chi connectivity index (χ0) is 21.5. The minimum Gasteiger partial charge on any atom is -0.389 e. The van der Waals surface area contributed by atoms with Crippen LogP contribution in [0, 0.1) is 11.8 Å². The van der Waals surface area contributed by atoms with Gasteiger partial charge in [0.15, 0.2) is 5.96 Å². The molecule has 1 aliphatic carbocycles. The van der Waals surface area contributed by atoms with Gasteiger partial charge in [-0.05, 0) is 63.0 Å². The van der Waals surface area contributed by atoms with Crippen LogP contribution in [0.1, 0.15) is 44.6 Å². The van der Waals surface area contributed by atoms with Crippen molar-refractivity contribution in [2.75, 3.05) is 45.9 Å². The SMILES string of the molecule is CCNC(=NCC(O)COCC1CC1)N1CCC2C(CCCN2Cc2ccccc2)C1.I. The van der Waals surface area contributed by atoms with E-state index in [4.69, 9.17) is 9.73 Å². The third-order valence-electron chi connectivity index (χ3n) is 6.86. The van der Waals surface area contributed by atoms with Crippen LogP contribution in [-0.2, 0) is 11.3 Å². The summed E-state index contributed by atoms with van der Waals surface area (Å²) in [5, 5.41) is 13.7. The first-order valence-corrected chi connectivity index (χ1v) is 12.3. The van der Waals surface area contributed by atoms with Gasteiger partial charge in [-0.3, -0.25) is 9.89 Å². The fraction of sp³-hybridized carbons (Fsp3) is 0.720. The molecule has 1 aromatic carbocycles. The number of aliphatic hydroxyl groups is 1. The molecule has 2 N–H and O–H groups in total. The summed E-state index contributed by atoms with van der Waals surface area (Å²) in [6, 6.07) is 11.5. The number of halogens is 1. The molecular formula is C25H41IN4O2. The van der Waals surface area contributed by atoms with E-state index in [1.807, 2.05) is 0 Å². The molecule has 4 rings (SSSR count). The van der Waals surface area contributed by atoms with Gasteiger partial charge in [-0.15, -0.1) is 24.0 Å². The molecule has 180 valence electrons. The molecule has 0 bridgehead atoms. The van der Waals surface area contributed by atoms with E-state index < -0.39 is 6.10 Å². The molecule has 3 fully saturated rings. The average molecular weight is 557 g/mol. The fourth-order valence-corrected chi connectivity index (χ4v) is 5.04. The number of guanidine groups is 1. The maximum atomic E-state index is 10.3. The van der Waals surface area contributed by atoms with Crippen LogP contribution in [0.25, 0.3) is 0 Å². The molecule has 2 saturated heterocycles. The Bertz CT molecular complexity index is 700. The van der Waals surface area contributed by atoms with E-state index in [1.54, 1.807) is 0 Å². The second-order valence-electron chi connectivity index (χ2n) is 9.49. The quantitative estimate of drug-likeness (QED) is 0.278. The van der Waals surface area contributed by atoms with Crippen molar-refractivity contribution in [3.05, 3.63) is 35.9 Å². The van der Waals surface area contributed by atoms with E-state index in [0.29, 0.717) is 25.1 Å². The summed E-state index contributed by atoms with van der Waals surface area (Å²) in [5.74, 6) is 2.36. The second-order valence-corrected chi connectivity index (χ2v) is 9.49. The maximum Gasteiger partial charge on any atom is 0.194 e. The smallest absolute Gasteiger partial charge is 0.194 e. The van der Waals surface area contributed by atoms with Gasteiger partial charge in [0, 0.05) is 38.8 Å². The fourth-order valence-electron chi connectivity index (χ4n) is 5.04. The minimum atomic E-state index is -0.527. The van der Waals surface area contributed by atoms with Gasteiger partial charge < -0.3 is 20.1 Å². The highest BCUT2D eigenvalue weighted by Gasteiger charge is 2.36. The lowest BCUT2D eigenvalue weighted by atomic mass is 9.83. The Kier molecular flexibility index (Phi) is 10.5. The van der Waals surface area contributed by atoms with Gasteiger partial charge in [0.05, 0.1) is 19.3 Å². The number of rotatable bonds is 9. The van der Waals surface area contributed by atoms with Crippen LogP contribution in [-0.4, -0.2) is 78.9 Å². The zero-order valence-electron chi connectivity index (χ0n) is 19.5. The van der Waals surface area contributed by atoms with Crippen LogP contribution >= 0.6 is 24.0 Å². The van der Waals surface area contributed by atoms with Crippen molar-refractivity contribution < 1.29 is 9.84 Å². The van der Waals surface area contributed by atoms with Crippen LogP contribution in [0.4, 0.5) is 0 Å². The Hall–Kier alpha value is -0.900. The summed E-state index contributed by atoms with van der Waals surface area (Å²) in [6.45, 7) is 8.87. The summed E-state index contributed by atoms with van der Waals surface area (Å²) < 4.78 is 5.63. The highest BCUT2D eigenvalue weighted by atomic mass is 127. The van der Waals surface area contributed by atoms with Gasteiger partial charge in [-0.25, -0.2) is 0 Å². The monoisotopic (exact) mass is 556 g/mol. The molecule has 0 amide bonds. The molecule has 1 aromatic rings. The number of aliphatic hydroxyl groups excluding tert-OH is 1. The third kappa shape index (κ3) is 7.57. The van der Waals surface area contributed by atoms with Crippen molar-refractivity contribution in [1.29, 1.82) is 0 Å². The van der Waals surface area contributed by atoms with Crippen molar-refractivity contribution in [3.8, 4) is 0 Å². The number of hydrogen-bond donors (Lipinski definition) is 2. The van der Waals surface area contributed by atoms with Crippen LogP contribution in [0.5, 0.6) is 0 Å². The molecule has 1 saturated carbocycles. The van der Waals surface area contributed by atoms with Gasteiger partial charge >= 0.3 is 0 Å². The highest BCUT2D eigenvalue weighted by molar-refractivity contribution is 14.0. The Morgan fingerprint density at radius 1 is 1.19 bits per heavy atom. The molecule has 32 heavy (non-hydrogen) atoms. The van der Waals surface area contributed by atoms with E-state index in [-0.39, 0.29) is 24.0 Å². The van der Waals surface area contributed by atoms with Crippen molar-refractivity contribution in [2.24, 2.45) is 16.8 Å². The number of likely N-dealkylation sites (tertiary alicyclic amines) is 2. The Morgan fingerprint density at radius 3 is 2.75 bits per heavy atom. The molecule has 3 atom stereocenters. The van der Waals surface area contributed by atoms with Crippen LogP contribution in [0.15, 0.2) is 35.3 Å². The van der Waals surface area contributed by atoms with Crippen LogP contribution in [0.3, 0.4) is 0 Å². The first-order valence-electron chi connectivity index (χ1n) is 12.3. The van der Waals surface area contributed by atoms with Crippen molar-refractivity contribution in [1.82, 2.24) is 15.1 Å².